The Morgan fingerprint density at radius 3 is 2.04 bits per heavy atom. The van der Waals surface area contributed by atoms with Gasteiger partial charge in [0.15, 0.2) is 0 Å². The van der Waals surface area contributed by atoms with Gasteiger partial charge in [0.05, 0.1) is 6.61 Å². The summed E-state index contributed by atoms with van der Waals surface area (Å²) in [5.74, 6) is 2.70. The van der Waals surface area contributed by atoms with Gasteiger partial charge in [-0.2, -0.15) is 0 Å². The van der Waals surface area contributed by atoms with E-state index in [1.54, 1.807) is 6.92 Å². The number of rotatable bonds is 7. The lowest BCUT2D eigenvalue weighted by atomic mass is 10.0. The van der Waals surface area contributed by atoms with Crippen molar-refractivity contribution in [2.45, 2.75) is 47.1 Å². The van der Waals surface area contributed by atoms with Crippen LogP contribution < -0.4 is 9.47 Å². The highest BCUT2D eigenvalue weighted by atomic mass is 16.6. The zero-order valence-electron chi connectivity index (χ0n) is 16.1. The molecule has 0 aromatic heterocycles. The monoisotopic (exact) mass is 354 g/mol. The Bertz CT molecular complexity index is 788. The largest absolute Gasteiger partial charge is 0.490 e. The summed E-state index contributed by atoms with van der Waals surface area (Å²) in [7, 11) is 0. The molecule has 2 aromatic rings. The molecule has 4 heteroatoms. The molecule has 0 spiro atoms. The molecule has 0 saturated carbocycles. The molecule has 0 amide bonds. The van der Waals surface area contributed by atoms with Gasteiger partial charge < -0.3 is 14.2 Å². The predicted octanol–water partition coefficient (Wildman–Crippen LogP) is 4.62. The molecule has 0 N–H and O–H groups in total. The van der Waals surface area contributed by atoms with Crippen molar-refractivity contribution in [1.82, 2.24) is 0 Å². The zero-order chi connectivity index (χ0) is 18.8. The van der Waals surface area contributed by atoms with Gasteiger partial charge in [-0.3, -0.25) is 4.79 Å². The highest BCUT2D eigenvalue weighted by molar-refractivity contribution is 5.78. The molecule has 1 aliphatic rings. The fourth-order valence-electron chi connectivity index (χ4n) is 3.25. The van der Waals surface area contributed by atoms with Gasteiger partial charge >= 0.3 is 0 Å². The van der Waals surface area contributed by atoms with Crippen LogP contribution in [0.25, 0.3) is 0 Å². The third kappa shape index (κ3) is 4.44. The highest BCUT2D eigenvalue weighted by Crippen LogP contribution is 2.34. The molecule has 1 atom stereocenters. The second-order valence-corrected chi connectivity index (χ2v) is 7.19. The number of epoxide rings is 1. The van der Waals surface area contributed by atoms with E-state index in [9.17, 15) is 4.79 Å². The Hall–Kier alpha value is -2.33. The van der Waals surface area contributed by atoms with Crippen molar-refractivity contribution >= 4 is 5.78 Å². The van der Waals surface area contributed by atoms with E-state index in [1.807, 2.05) is 52.0 Å². The van der Waals surface area contributed by atoms with Crippen LogP contribution in [0.4, 0.5) is 0 Å². The second kappa shape index (κ2) is 7.50. The molecule has 2 aromatic carbocycles. The van der Waals surface area contributed by atoms with Gasteiger partial charge in [-0.05, 0) is 74.6 Å². The number of ether oxygens (including phenoxy) is 3. The van der Waals surface area contributed by atoms with Crippen molar-refractivity contribution in [2.24, 2.45) is 0 Å². The summed E-state index contributed by atoms with van der Waals surface area (Å²) in [4.78, 5) is 11.4. The van der Waals surface area contributed by atoms with E-state index in [1.165, 1.54) is 0 Å². The van der Waals surface area contributed by atoms with Crippen molar-refractivity contribution < 1.29 is 19.0 Å². The zero-order valence-corrected chi connectivity index (χ0v) is 16.1. The van der Waals surface area contributed by atoms with Crippen LogP contribution in [0, 0.1) is 27.7 Å². The van der Waals surface area contributed by atoms with Gasteiger partial charge in [0.2, 0.25) is 0 Å². The maximum absolute atomic E-state index is 11.4. The summed E-state index contributed by atoms with van der Waals surface area (Å²) in [5, 5.41) is 0. The molecular formula is C22H26O4. The summed E-state index contributed by atoms with van der Waals surface area (Å²) >= 11 is 0. The molecule has 26 heavy (non-hydrogen) atoms. The van der Waals surface area contributed by atoms with Crippen LogP contribution in [-0.4, -0.2) is 25.1 Å². The number of carbonyl (C=O) groups excluding carboxylic acids is 1. The summed E-state index contributed by atoms with van der Waals surface area (Å²) < 4.78 is 17.3. The minimum Gasteiger partial charge on any atom is -0.490 e. The third-order valence-corrected chi connectivity index (χ3v) is 4.44. The van der Waals surface area contributed by atoms with Crippen molar-refractivity contribution in [3.8, 4) is 17.2 Å². The van der Waals surface area contributed by atoms with Gasteiger partial charge in [0.1, 0.15) is 35.7 Å². The number of hydrogen-bond donors (Lipinski definition) is 0. The number of benzene rings is 2. The average Bonchev–Trinajstić information content (AvgIpc) is 3.34. The van der Waals surface area contributed by atoms with Gasteiger partial charge in [0, 0.05) is 6.42 Å². The molecule has 1 unspecified atom stereocenters. The number of carbonyl (C=O) groups is 1. The standard InChI is InChI=1S/C22H26O4/c1-13-6-18(10-17(5)23)7-14(2)22(13)26-19-8-15(3)21(16(4)9-19)25-12-20-11-24-20/h6-9,20H,10-12H2,1-5H3. The lowest BCUT2D eigenvalue weighted by Gasteiger charge is -2.17. The Morgan fingerprint density at radius 2 is 1.54 bits per heavy atom. The second-order valence-electron chi connectivity index (χ2n) is 7.19. The van der Waals surface area contributed by atoms with Crippen molar-refractivity contribution in [3.05, 3.63) is 52.1 Å². The molecular weight excluding hydrogens is 328 g/mol. The van der Waals surface area contributed by atoms with Crippen LogP contribution in [0.15, 0.2) is 24.3 Å². The van der Waals surface area contributed by atoms with Crippen molar-refractivity contribution in [1.29, 1.82) is 0 Å². The maximum Gasteiger partial charge on any atom is 0.134 e. The number of aryl methyl sites for hydroxylation is 4. The summed E-state index contributed by atoms with van der Waals surface area (Å²) in [5.41, 5.74) is 5.18. The molecule has 3 rings (SSSR count). The normalized spacial score (nSPS) is 15.7. The highest BCUT2D eigenvalue weighted by Gasteiger charge is 2.24. The predicted molar refractivity (Wildman–Crippen MR) is 102 cm³/mol. The van der Waals surface area contributed by atoms with E-state index >= 15 is 0 Å². The molecule has 1 heterocycles. The first-order chi connectivity index (χ1) is 12.3. The lowest BCUT2D eigenvalue weighted by molar-refractivity contribution is -0.116. The van der Waals surface area contributed by atoms with E-state index in [4.69, 9.17) is 14.2 Å². The number of Topliss-reactive ketones (excluding diaryl/α,β-unsaturated/α-hetero) is 1. The fraction of sp³-hybridized carbons (Fsp3) is 0.409. The summed E-state index contributed by atoms with van der Waals surface area (Å²) in [6.45, 7) is 11.1. The van der Waals surface area contributed by atoms with Gasteiger partial charge in [-0.15, -0.1) is 0 Å². The smallest absolute Gasteiger partial charge is 0.134 e. The van der Waals surface area contributed by atoms with E-state index < -0.39 is 0 Å². The topological polar surface area (TPSA) is 48.1 Å². The van der Waals surface area contributed by atoms with Gasteiger partial charge in [-0.25, -0.2) is 0 Å². The van der Waals surface area contributed by atoms with E-state index in [-0.39, 0.29) is 11.9 Å². The first-order valence-corrected chi connectivity index (χ1v) is 8.96. The van der Waals surface area contributed by atoms with Crippen LogP contribution in [0.5, 0.6) is 17.2 Å². The number of ketones is 1. The quantitative estimate of drug-likeness (QED) is 0.681. The van der Waals surface area contributed by atoms with E-state index in [2.05, 4.69) is 0 Å². The Labute approximate surface area is 155 Å². The average molecular weight is 354 g/mol. The van der Waals surface area contributed by atoms with Crippen LogP contribution in [0.3, 0.4) is 0 Å². The molecule has 0 radical (unpaired) electrons. The Kier molecular flexibility index (Phi) is 5.33. The van der Waals surface area contributed by atoms with Crippen LogP contribution in [-0.2, 0) is 16.0 Å². The van der Waals surface area contributed by atoms with Crippen molar-refractivity contribution in [2.75, 3.05) is 13.2 Å². The Morgan fingerprint density at radius 1 is 1.00 bits per heavy atom. The number of hydrogen-bond acceptors (Lipinski definition) is 4. The fourth-order valence-corrected chi connectivity index (χ4v) is 3.25. The molecule has 1 fully saturated rings. The van der Waals surface area contributed by atoms with Gasteiger partial charge in [-0.1, -0.05) is 12.1 Å². The molecule has 0 aliphatic carbocycles. The SMILES string of the molecule is CC(=O)Cc1cc(C)c(Oc2cc(C)c(OCC3CO3)c(C)c2)c(C)c1. The third-order valence-electron chi connectivity index (χ3n) is 4.44. The molecule has 0 bridgehead atoms. The van der Waals surface area contributed by atoms with Gasteiger partial charge in [0.25, 0.3) is 0 Å². The summed E-state index contributed by atoms with van der Waals surface area (Å²) in [6.07, 6.45) is 0.695. The molecule has 4 nitrogen and oxygen atoms in total. The van der Waals surface area contributed by atoms with E-state index in [0.29, 0.717) is 13.0 Å². The first-order valence-electron chi connectivity index (χ1n) is 8.96. The minimum atomic E-state index is 0.163. The van der Waals surface area contributed by atoms with Crippen LogP contribution in [0.1, 0.15) is 34.7 Å². The lowest BCUT2D eigenvalue weighted by Crippen LogP contribution is -2.06. The first kappa shape index (κ1) is 18.5. The molecule has 1 saturated heterocycles. The van der Waals surface area contributed by atoms with Crippen LogP contribution in [0.2, 0.25) is 0 Å². The maximum atomic E-state index is 11.4. The van der Waals surface area contributed by atoms with Crippen molar-refractivity contribution in [3.63, 3.8) is 0 Å². The molecule has 1 aliphatic heterocycles. The minimum absolute atomic E-state index is 0.163. The van der Waals surface area contributed by atoms with E-state index in [0.717, 1.165) is 51.7 Å². The summed E-state index contributed by atoms with van der Waals surface area (Å²) in [6, 6.07) is 8.05. The Balaban J connectivity index is 1.81. The van der Waals surface area contributed by atoms with Crippen LogP contribution >= 0.6 is 0 Å². The molecule has 138 valence electrons.